The molecule has 3 heteroatoms. The van der Waals surface area contributed by atoms with Gasteiger partial charge in [0.1, 0.15) is 0 Å². The molecule has 48 valence electrons. The quantitative estimate of drug-likeness (QED) is 0.584. The lowest BCUT2D eigenvalue weighted by Crippen LogP contribution is -2.47. The molecule has 0 heterocycles. The predicted molar refractivity (Wildman–Crippen MR) is 44.0 cm³/mol. The summed E-state index contributed by atoms with van der Waals surface area (Å²) in [4.78, 5) is 0. The molecule has 0 aromatic rings. The van der Waals surface area contributed by atoms with Gasteiger partial charge in [-0.3, -0.25) is 0 Å². The zero-order valence-electron chi connectivity index (χ0n) is 6.50. The van der Waals surface area contributed by atoms with E-state index in [0.717, 1.165) is 0 Å². The van der Waals surface area contributed by atoms with Crippen molar-refractivity contribution in [1.82, 2.24) is 4.65 Å². The molecule has 0 aromatic heterocycles. The molecule has 0 bridgehead atoms. The van der Waals surface area contributed by atoms with Gasteiger partial charge in [0.05, 0.1) is 13.1 Å². The molecule has 0 aliphatic heterocycles. The van der Waals surface area contributed by atoms with Gasteiger partial charge < -0.3 is 0 Å². The van der Waals surface area contributed by atoms with Crippen LogP contribution < -0.4 is 4.65 Å². The summed E-state index contributed by atoms with van der Waals surface area (Å²) in [5.41, 5.74) is 0. The van der Waals surface area contributed by atoms with Crippen molar-refractivity contribution < 1.29 is 0 Å². The third-order valence-corrected chi connectivity index (χ3v) is 5.62. The summed E-state index contributed by atoms with van der Waals surface area (Å²) in [7, 11) is -1.11. The number of nitrogens with one attached hydrogen (secondary N) is 1. The zero-order valence-corrected chi connectivity index (χ0v) is 8.50. The van der Waals surface area contributed by atoms with Crippen molar-refractivity contribution in [2.24, 2.45) is 0 Å². The van der Waals surface area contributed by atoms with E-state index in [2.05, 4.69) is 37.4 Å². The van der Waals surface area contributed by atoms with E-state index in [-0.39, 0.29) is 8.96 Å². The van der Waals surface area contributed by atoms with E-state index in [9.17, 15) is 0 Å². The van der Waals surface area contributed by atoms with E-state index < -0.39 is 8.24 Å². The van der Waals surface area contributed by atoms with Gasteiger partial charge in [0.15, 0.2) is 8.24 Å². The molecule has 0 saturated heterocycles. The van der Waals surface area contributed by atoms with Crippen LogP contribution in [-0.4, -0.2) is 17.2 Å². The third kappa shape index (κ3) is 6.39. The molecule has 1 N–H and O–H groups in total. The van der Waals surface area contributed by atoms with E-state index in [1.807, 2.05) is 0 Å². The Labute approximate surface area is 55.3 Å². The average Bonchev–Trinajstić information content (AvgIpc) is 1.21. The van der Waals surface area contributed by atoms with Crippen LogP contribution >= 0.6 is 0 Å². The number of rotatable bonds is 2. The van der Waals surface area contributed by atoms with Gasteiger partial charge in [0.2, 0.25) is 0 Å². The topological polar surface area (TPSA) is 12.0 Å². The fraction of sp³-hybridized carbons (Fsp3) is 1.00. The van der Waals surface area contributed by atoms with Gasteiger partial charge in [0, 0.05) is 0 Å². The standard InChI is InChI=1S/C5H16NSi2/c1-7(2)6-8(3,4)5/h6H,1-5H3/q+1. The van der Waals surface area contributed by atoms with Crippen molar-refractivity contribution in [2.75, 3.05) is 0 Å². The van der Waals surface area contributed by atoms with Gasteiger partial charge in [-0.2, -0.15) is 0 Å². The Kier molecular flexibility index (Phi) is 2.94. The van der Waals surface area contributed by atoms with Crippen LogP contribution in [0.25, 0.3) is 0 Å². The Morgan fingerprint density at radius 1 is 1.12 bits per heavy atom. The van der Waals surface area contributed by atoms with E-state index in [0.29, 0.717) is 0 Å². The van der Waals surface area contributed by atoms with Crippen molar-refractivity contribution in [3.05, 3.63) is 0 Å². The first kappa shape index (κ1) is 8.39. The number of hydrogen-bond acceptors (Lipinski definition) is 1. The first-order chi connectivity index (χ1) is 3.42. The second kappa shape index (κ2) is 2.80. The average molecular weight is 146 g/mol. The maximum atomic E-state index is 3.62. The lowest BCUT2D eigenvalue weighted by atomic mass is 11.8. The fourth-order valence-corrected chi connectivity index (χ4v) is 6.75. The Morgan fingerprint density at radius 2 is 1.50 bits per heavy atom. The minimum absolute atomic E-state index is 0.180. The molecule has 0 spiro atoms. The summed E-state index contributed by atoms with van der Waals surface area (Å²) in [6.45, 7) is 11.6. The lowest BCUT2D eigenvalue weighted by molar-refractivity contribution is 1.36. The van der Waals surface area contributed by atoms with Crippen LogP contribution in [-0.2, 0) is 0 Å². The molecular formula is C5H16NSi2+. The van der Waals surface area contributed by atoms with Crippen molar-refractivity contribution in [2.45, 2.75) is 32.7 Å². The highest BCUT2D eigenvalue weighted by Crippen LogP contribution is 1.94. The Bertz CT molecular complexity index is 65.3. The zero-order chi connectivity index (χ0) is 6.78. The van der Waals surface area contributed by atoms with Crippen LogP contribution in [0.3, 0.4) is 0 Å². The highest BCUT2D eigenvalue weighted by Gasteiger charge is 2.23. The van der Waals surface area contributed by atoms with Crippen molar-refractivity contribution in [1.29, 1.82) is 0 Å². The highest BCUT2D eigenvalue weighted by atomic mass is 28.4. The molecule has 0 rings (SSSR count). The van der Waals surface area contributed by atoms with Crippen LogP contribution in [0.1, 0.15) is 0 Å². The Morgan fingerprint density at radius 3 is 1.50 bits per heavy atom. The minimum atomic E-state index is -0.925. The van der Waals surface area contributed by atoms with E-state index in [4.69, 9.17) is 0 Å². The minimum Gasteiger partial charge on any atom is -0.214 e. The first-order valence-corrected chi connectivity index (χ1v) is 9.00. The largest absolute Gasteiger partial charge is 0.388 e. The fourth-order valence-electron chi connectivity index (χ4n) is 0.750. The van der Waals surface area contributed by atoms with Crippen molar-refractivity contribution in [3.63, 3.8) is 0 Å². The van der Waals surface area contributed by atoms with Crippen LogP contribution in [0.15, 0.2) is 0 Å². The van der Waals surface area contributed by atoms with Crippen LogP contribution in [0.5, 0.6) is 0 Å². The second-order valence-electron chi connectivity index (χ2n) is 3.38. The summed E-state index contributed by atoms with van der Waals surface area (Å²) >= 11 is 0. The van der Waals surface area contributed by atoms with Gasteiger partial charge >= 0.3 is 8.96 Å². The molecule has 0 fully saturated rings. The van der Waals surface area contributed by atoms with Gasteiger partial charge in [0.25, 0.3) is 0 Å². The van der Waals surface area contributed by atoms with Crippen LogP contribution in [0.4, 0.5) is 0 Å². The summed E-state index contributed by atoms with van der Waals surface area (Å²) in [6.07, 6.45) is 0. The van der Waals surface area contributed by atoms with Gasteiger partial charge in [-0.05, 0) is 0 Å². The second-order valence-corrected chi connectivity index (χ2v) is 10.9. The van der Waals surface area contributed by atoms with Crippen molar-refractivity contribution in [3.8, 4) is 0 Å². The summed E-state index contributed by atoms with van der Waals surface area (Å²) in [5, 5.41) is 0. The maximum Gasteiger partial charge on any atom is 0.388 e. The van der Waals surface area contributed by atoms with E-state index >= 15 is 0 Å². The predicted octanol–water partition coefficient (Wildman–Crippen LogP) is 1.66. The molecule has 0 aromatic carbocycles. The highest BCUT2D eigenvalue weighted by molar-refractivity contribution is 6.82. The molecule has 8 heavy (non-hydrogen) atoms. The monoisotopic (exact) mass is 146 g/mol. The molecule has 0 atom stereocenters. The SMILES string of the molecule is C[Si+](C)N[Si](C)(C)C. The van der Waals surface area contributed by atoms with Crippen LogP contribution in [0, 0.1) is 0 Å². The smallest absolute Gasteiger partial charge is 0.214 e. The molecule has 0 aliphatic carbocycles. The maximum absolute atomic E-state index is 3.62. The molecule has 0 unspecified atom stereocenters. The van der Waals surface area contributed by atoms with E-state index in [1.54, 1.807) is 0 Å². The third-order valence-electron chi connectivity index (χ3n) is 0.625. The lowest BCUT2D eigenvalue weighted by Gasteiger charge is -2.10. The molecule has 0 saturated carbocycles. The van der Waals surface area contributed by atoms with Gasteiger partial charge in [-0.25, -0.2) is 4.65 Å². The van der Waals surface area contributed by atoms with E-state index in [1.165, 1.54) is 0 Å². The Hall–Kier alpha value is 0.394. The molecule has 0 aliphatic rings. The normalized spacial score (nSPS) is 11.6. The molecular weight excluding hydrogens is 130 g/mol. The van der Waals surface area contributed by atoms with Gasteiger partial charge in [-0.1, -0.05) is 19.6 Å². The van der Waals surface area contributed by atoms with Gasteiger partial charge in [-0.15, -0.1) is 0 Å². The van der Waals surface area contributed by atoms with Crippen LogP contribution in [0.2, 0.25) is 32.7 Å². The number of hydrogen-bond donors (Lipinski definition) is 1. The molecule has 0 radical (unpaired) electrons. The summed E-state index contributed by atoms with van der Waals surface area (Å²) < 4.78 is 3.62. The molecule has 0 amide bonds. The Balaban J connectivity index is 3.39. The summed E-state index contributed by atoms with van der Waals surface area (Å²) in [5.74, 6) is 0. The first-order valence-electron chi connectivity index (χ1n) is 3.00. The van der Waals surface area contributed by atoms with Crippen molar-refractivity contribution >= 4 is 17.2 Å². The summed E-state index contributed by atoms with van der Waals surface area (Å²) in [6, 6.07) is 0. The molecule has 1 nitrogen and oxygen atoms in total.